The van der Waals surface area contributed by atoms with Crippen LogP contribution in [0.2, 0.25) is 0 Å². The first-order valence-electron chi connectivity index (χ1n) is 8.05. The molecule has 1 amide bonds. The molecule has 0 saturated carbocycles. The molecule has 1 aliphatic rings. The first-order valence-corrected chi connectivity index (χ1v) is 8.05. The summed E-state index contributed by atoms with van der Waals surface area (Å²) >= 11 is 0. The van der Waals surface area contributed by atoms with Gasteiger partial charge in [-0.2, -0.15) is 0 Å². The normalized spacial score (nSPS) is 22.5. The molecular weight excluding hydrogens is 296 g/mol. The van der Waals surface area contributed by atoms with Crippen LogP contribution in [0.15, 0.2) is 18.2 Å². The smallest absolute Gasteiger partial charge is 0.223 e. The van der Waals surface area contributed by atoms with Crippen molar-refractivity contribution in [2.45, 2.75) is 59.0 Å². The third kappa shape index (κ3) is 5.29. The number of hydrogen-bond acceptors (Lipinski definition) is 2. The zero-order valence-electron chi connectivity index (χ0n) is 14.1. The third-order valence-corrected chi connectivity index (χ3v) is 4.41. The van der Waals surface area contributed by atoms with E-state index in [1.807, 2.05) is 0 Å². The molecule has 1 aromatic rings. The number of piperidine rings is 1. The maximum atomic E-state index is 12.3. The van der Waals surface area contributed by atoms with E-state index in [0.29, 0.717) is 6.04 Å². The van der Waals surface area contributed by atoms with Crippen molar-refractivity contribution in [3.8, 4) is 0 Å². The summed E-state index contributed by atoms with van der Waals surface area (Å²) in [6.07, 6.45) is 2.80. The van der Waals surface area contributed by atoms with Gasteiger partial charge in [0.2, 0.25) is 5.91 Å². The van der Waals surface area contributed by atoms with Crippen molar-refractivity contribution >= 4 is 18.3 Å². The van der Waals surface area contributed by atoms with Crippen LogP contribution in [0.5, 0.6) is 0 Å². The van der Waals surface area contributed by atoms with Crippen molar-refractivity contribution in [1.29, 1.82) is 0 Å². The van der Waals surface area contributed by atoms with Gasteiger partial charge in [0, 0.05) is 18.0 Å². The average Bonchev–Trinajstić information content (AvgIpc) is 2.42. The van der Waals surface area contributed by atoms with Crippen LogP contribution in [-0.2, 0) is 11.2 Å². The van der Waals surface area contributed by atoms with Crippen LogP contribution in [0.4, 0.5) is 0 Å². The van der Waals surface area contributed by atoms with Crippen LogP contribution in [-0.4, -0.2) is 24.5 Å². The fraction of sp³-hybridized carbons (Fsp3) is 0.611. The minimum absolute atomic E-state index is 0. The average molecular weight is 325 g/mol. The van der Waals surface area contributed by atoms with Crippen molar-refractivity contribution in [3.05, 3.63) is 34.9 Å². The molecule has 0 aliphatic carbocycles. The molecule has 1 fully saturated rings. The van der Waals surface area contributed by atoms with E-state index in [1.165, 1.54) is 16.7 Å². The van der Waals surface area contributed by atoms with Crippen molar-refractivity contribution in [1.82, 2.24) is 10.6 Å². The number of aryl methyl sites for hydroxylation is 2. The molecule has 2 N–H and O–H groups in total. The van der Waals surface area contributed by atoms with Crippen LogP contribution < -0.4 is 10.6 Å². The summed E-state index contributed by atoms with van der Waals surface area (Å²) in [6.45, 7) is 9.45. The van der Waals surface area contributed by atoms with E-state index in [2.05, 4.69) is 56.5 Å². The molecule has 3 nitrogen and oxygen atoms in total. The fourth-order valence-electron chi connectivity index (χ4n) is 3.19. The van der Waals surface area contributed by atoms with Crippen molar-refractivity contribution in [2.75, 3.05) is 6.54 Å². The molecule has 0 radical (unpaired) electrons. The summed E-state index contributed by atoms with van der Waals surface area (Å²) < 4.78 is 0. The number of benzene rings is 1. The molecule has 2 rings (SSSR count). The Labute approximate surface area is 140 Å². The number of rotatable bonds is 4. The number of amides is 1. The zero-order valence-corrected chi connectivity index (χ0v) is 14.9. The molecule has 1 saturated heterocycles. The Morgan fingerprint density at radius 3 is 2.77 bits per heavy atom. The lowest BCUT2D eigenvalue weighted by Gasteiger charge is -2.28. The van der Waals surface area contributed by atoms with Gasteiger partial charge in [-0.05, 0) is 64.6 Å². The molecule has 0 aromatic heterocycles. The summed E-state index contributed by atoms with van der Waals surface area (Å²) in [5.41, 5.74) is 3.93. The second-order valence-corrected chi connectivity index (χ2v) is 6.62. The van der Waals surface area contributed by atoms with Crippen molar-refractivity contribution in [3.63, 3.8) is 0 Å². The van der Waals surface area contributed by atoms with E-state index in [9.17, 15) is 4.79 Å². The van der Waals surface area contributed by atoms with Gasteiger partial charge < -0.3 is 10.6 Å². The van der Waals surface area contributed by atoms with E-state index in [-0.39, 0.29) is 30.3 Å². The Morgan fingerprint density at radius 1 is 1.41 bits per heavy atom. The Kier molecular flexibility index (Phi) is 7.37. The maximum Gasteiger partial charge on any atom is 0.223 e. The summed E-state index contributed by atoms with van der Waals surface area (Å²) in [4.78, 5) is 12.3. The van der Waals surface area contributed by atoms with Crippen LogP contribution >= 0.6 is 12.4 Å². The summed E-state index contributed by atoms with van der Waals surface area (Å²) in [5.74, 6) is 0.392. The predicted molar refractivity (Wildman–Crippen MR) is 94.7 cm³/mol. The highest BCUT2D eigenvalue weighted by atomic mass is 35.5. The highest BCUT2D eigenvalue weighted by Gasteiger charge is 2.25. The minimum Gasteiger partial charge on any atom is -0.353 e. The van der Waals surface area contributed by atoms with Gasteiger partial charge in [0.05, 0.1) is 0 Å². The minimum atomic E-state index is 0. The van der Waals surface area contributed by atoms with Crippen LogP contribution in [0.25, 0.3) is 0 Å². The lowest BCUT2D eigenvalue weighted by molar-refractivity contribution is -0.126. The lowest BCUT2D eigenvalue weighted by atomic mass is 9.92. The van der Waals surface area contributed by atoms with Crippen LogP contribution in [0.1, 0.15) is 43.4 Å². The SMILES string of the molecule is Cc1ccc(CC(C)NC(=O)[C@H]2CCN[C@@H](C)C2)c(C)c1.Cl. The molecule has 0 spiro atoms. The standard InChI is InChI=1S/C18H28N2O.ClH/c1-12-5-6-16(13(2)9-12)11-15(4)20-18(21)17-7-8-19-14(3)10-17;/h5-6,9,14-15,17,19H,7-8,10-11H2,1-4H3,(H,20,21);1H/t14-,15?,17-;/m0./s1. The van der Waals surface area contributed by atoms with E-state index < -0.39 is 0 Å². The Morgan fingerprint density at radius 2 is 2.14 bits per heavy atom. The fourth-order valence-corrected chi connectivity index (χ4v) is 3.19. The topological polar surface area (TPSA) is 41.1 Å². The second-order valence-electron chi connectivity index (χ2n) is 6.62. The molecule has 4 heteroatoms. The van der Waals surface area contributed by atoms with E-state index >= 15 is 0 Å². The third-order valence-electron chi connectivity index (χ3n) is 4.41. The Hall–Kier alpha value is -1.06. The highest BCUT2D eigenvalue weighted by molar-refractivity contribution is 5.85. The maximum absolute atomic E-state index is 12.3. The van der Waals surface area contributed by atoms with E-state index in [0.717, 1.165) is 25.8 Å². The van der Waals surface area contributed by atoms with Gasteiger partial charge >= 0.3 is 0 Å². The van der Waals surface area contributed by atoms with E-state index in [1.54, 1.807) is 0 Å². The number of halogens is 1. The van der Waals surface area contributed by atoms with Gasteiger partial charge in [-0.1, -0.05) is 23.8 Å². The van der Waals surface area contributed by atoms with Gasteiger partial charge in [0.25, 0.3) is 0 Å². The van der Waals surface area contributed by atoms with Gasteiger partial charge in [-0.3, -0.25) is 4.79 Å². The molecule has 124 valence electrons. The second kappa shape index (κ2) is 8.54. The number of carbonyl (C=O) groups excluding carboxylic acids is 1. The molecule has 1 aromatic carbocycles. The molecule has 22 heavy (non-hydrogen) atoms. The predicted octanol–water partition coefficient (Wildman–Crippen LogP) is 3.16. The number of hydrogen-bond donors (Lipinski definition) is 2. The summed E-state index contributed by atoms with van der Waals surface area (Å²) in [5, 5.41) is 6.59. The first-order chi connectivity index (χ1) is 9.95. The van der Waals surface area contributed by atoms with Gasteiger partial charge in [0.1, 0.15) is 0 Å². The Balaban J connectivity index is 0.00000242. The molecule has 1 aliphatic heterocycles. The molecular formula is C18H29ClN2O. The van der Waals surface area contributed by atoms with Gasteiger partial charge in [-0.25, -0.2) is 0 Å². The molecule has 0 bridgehead atoms. The number of nitrogens with one attached hydrogen (secondary N) is 2. The van der Waals surface area contributed by atoms with Gasteiger partial charge in [-0.15, -0.1) is 12.4 Å². The zero-order chi connectivity index (χ0) is 15.4. The van der Waals surface area contributed by atoms with Gasteiger partial charge in [0.15, 0.2) is 0 Å². The first kappa shape index (κ1) is 19.0. The van der Waals surface area contributed by atoms with Crippen molar-refractivity contribution in [2.24, 2.45) is 5.92 Å². The van der Waals surface area contributed by atoms with E-state index in [4.69, 9.17) is 0 Å². The lowest BCUT2D eigenvalue weighted by Crippen LogP contribution is -2.45. The molecule has 3 atom stereocenters. The summed E-state index contributed by atoms with van der Waals surface area (Å²) in [7, 11) is 0. The number of carbonyl (C=O) groups is 1. The quantitative estimate of drug-likeness (QED) is 0.893. The van der Waals surface area contributed by atoms with Crippen molar-refractivity contribution < 1.29 is 4.79 Å². The molecule has 1 heterocycles. The van der Waals surface area contributed by atoms with Crippen LogP contribution in [0.3, 0.4) is 0 Å². The highest BCUT2D eigenvalue weighted by Crippen LogP contribution is 2.17. The van der Waals surface area contributed by atoms with Crippen LogP contribution in [0, 0.1) is 19.8 Å². The monoisotopic (exact) mass is 324 g/mol. The largest absolute Gasteiger partial charge is 0.353 e. The Bertz CT molecular complexity index is 504. The molecule has 1 unspecified atom stereocenters. The summed E-state index contributed by atoms with van der Waals surface area (Å²) in [6, 6.07) is 7.16.